The number of rotatable bonds is 6. The first-order chi connectivity index (χ1) is 12.8. The quantitative estimate of drug-likeness (QED) is 0.638. The van der Waals surface area contributed by atoms with Gasteiger partial charge in [-0.25, -0.2) is 0 Å². The minimum Gasteiger partial charge on any atom is -0.492 e. The van der Waals surface area contributed by atoms with Gasteiger partial charge in [-0.05, 0) is 56.0 Å². The second-order valence-corrected chi connectivity index (χ2v) is 7.16. The molecule has 4 rings (SSSR count). The molecule has 0 saturated carbocycles. The predicted molar refractivity (Wildman–Crippen MR) is 103 cm³/mol. The van der Waals surface area contributed by atoms with Crippen molar-refractivity contribution in [1.29, 1.82) is 5.41 Å². The molecule has 1 saturated heterocycles. The molecule has 1 aliphatic rings. The molecule has 2 heterocycles. The SMILES string of the molecule is N=c1[nH]c2ccc(OCCN3CCC(Cc4ccccc4)CC3)cc2[nH]1. The van der Waals surface area contributed by atoms with Crippen LogP contribution in [0, 0.1) is 11.3 Å². The van der Waals surface area contributed by atoms with E-state index in [0.29, 0.717) is 12.2 Å². The number of benzene rings is 2. The lowest BCUT2D eigenvalue weighted by Gasteiger charge is -2.31. The molecule has 0 aliphatic carbocycles. The first kappa shape index (κ1) is 16.9. The van der Waals surface area contributed by atoms with Gasteiger partial charge in [0.2, 0.25) is 0 Å². The molecular formula is C21H26N4O. The summed E-state index contributed by atoms with van der Waals surface area (Å²) >= 11 is 0. The van der Waals surface area contributed by atoms with Crippen LogP contribution in [0.25, 0.3) is 11.0 Å². The zero-order chi connectivity index (χ0) is 17.8. The first-order valence-electron chi connectivity index (χ1n) is 9.42. The van der Waals surface area contributed by atoms with Crippen molar-refractivity contribution < 1.29 is 4.74 Å². The van der Waals surface area contributed by atoms with Crippen molar-refractivity contribution in [3.05, 3.63) is 59.7 Å². The summed E-state index contributed by atoms with van der Waals surface area (Å²) in [6.45, 7) is 3.99. The fraction of sp³-hybridized carbons (Fsp3) is 0.381. The van der Waals surface area contributed by atoms with Crippen LogP contribution in [-0.2, 0) is 6.42 Å². The van der Waals surface area contributed by atoms with E-state index < -0.39 is 0 Å². The molecule has 0 amide bonds. The summed E-state index contributed by atoms with van der Waals surface area (Å²) in [4.78, 5) is 8.45. The number of aromatic amines is 2. The second kappa shape index (κ2) is 7.79. The van der Waals surface area contributed by atoms with Gasteiger partial charge >= 0.3 is 0 Å². The Hall–Kier alpha value is -2.53. The molecule has 2 aromatic carbocycles. The molecule has 5 nitrogen and oxygen atoms in total. The number of hydrogen-bond acceptors (Lipinski definition) is 3. The number of likely N-dealkylation sites (tertiary alicyclic amines) is 1. The number of nitrogens with one attached hydrogen (secondary N) is 3. The van der Waals surface area contributed by atoms with Gasteiger partial charge in [-0.1, -0.05) is 30.3 Å². The van der Waals surface area contributed by atoms with Crippen molar-refractivity contribution in [3.8, 4) is 5.75 Å². The number of nitrogens with zero attached hydrogens (tertiary/aromatic N) is 1. The van der Waals surface area contributed by atoms with Gasteiger partial charge in [0.1, 0.15) is 12.4 Å². The Morgan fingerprint density at radius 3 is 2.58 bits per heavy atom. The van der Waals surface area contributed by atoms with Crippen LogP contribution in [0.5, 0.6) is 5.75 Å². The average Bonchev–Trinajstić information content (AvgIpc) is 3.03. The molecule has 3 N–H and O–H groups in total. The lowest BCUT2D eigenvalue weighted by molar-refractivity contribution is 0.155. The predicted octanol–water partition coefficient (Wildman–Crippen LogP) is 3.31. The lowest BCUT2D eigenvalue weighted by Crippen LogP contribution is -2.37. The third kappa shape index (κ3) is 4.17. The molecule has 5 heteroatoms. The lowest BCUT2D eigenvalue weighted by atomic mass is 9.90. The van der Waals surface area contributed by atoms with Gasteiger partial charge in [0, 0.05) is 12.6 Å². The van der Waals surface area contributed by atoms with Crippen molar-refractivity contribution >= 4 is 11.0 Å². The van der Waals surface area contributed by atoms with Crippen LogP contribution < -0.4 is 10.4 Å². The van der Waals surface area contributed by atoms with Gasteiger partial charge in [-0.2, -0.15) is 0 Å². The highest BCUT2D eigenvalue weighted by Crippen LogP contribution is 2.22. The minimum absolute atomic E-state index is 0.315. The van der Waals surface area contributed by atoms with Crippen molar-refractivity contribution in [3.63, 3.8) is 0 Å². The summed E-state index contributed by atoms with van der Waals surface area (Å²) in [6.07, 6.45) is 3.74. The smallest absolute Gasteiger partial charge is 0.197 e. The molecule has 0 bridgehead atoms. The second-order valence-electron chi connectivity index (χ2n) is 7.16. The number of piperidine rings is 1. The molecule has 0 radical (unpaired) electrons. The zero-order valence-corrected chi connectivity index (χ0v) is 15.0. The summed E-state index contributed by atoms with van der Waals surface area (Å²) in [5.41, 5.74) is 3.62. The normalized spacial score (nSPS) is 16.2. The summed E-state index contributed by atoms with van der Waals surface area (Å²) in [7, 11) is 0. The average molecular weight is 350 g/mol. The molecule has 1 aliphatic heterocycles. The molecule has 0 spiro atoms. The van der Waals surface area contributed by atoms with E-state index in [2.05, 4.69) is 45.2 Å². The Bertz CT molecular complexity index is 891. The van der Waals surface area contributed by atoms with Gasteiger partial charge in [0.25, 0.3) is 0 Å². The van der Waals surface area contributed by atoms with Gasteiger partial charge in [-0.15, -0.1) is 0 Å². The van der Waals surface area contributed by atoms with Crippen molar-refractivity contribution in [2.24, 2.45) is 5.92 Å². The number of fused-ring (bicyclic) bond motifs is 1. The molecule has 136 valence electrons. The number of aromatic nitrogens is 2. The third-order valence-corrected chi connectivity index (χ3v) is 5.26. The highest BCUT2D eigenvalue weighted by Gasteiger charge is 2.19. The van der Waals surface area contributed by atoms with Crippen LogP contribution in [0.4, 0.5) is 0 Å². The molecule has 1 aromatic heterocycles. The Kier molecular flexibility index (Phi) is 5.07. The van der Waals surface area contributed by atoms with E-state index >= 15 is 0 Å². The highest BCUT2D eigenvalue weighted by atomic mass is 16.5. The molecule has 26 heavy (non-hydrogen) atoms. The van der Waals surface area contributed by atoms with Gasteiger partial charge < -0.3 is 14.7 Å². The Balaban J connectivity index is 1.21. The van der Waals surface area contributed by atoms with Crippen LogP contribution in [0.15, 0.2) is 48.5 Å². The van der Waals surface area contributed by atoms with E-state index in [1.807, 2.05) is 18.2 Å². The van der Waals surface area contributed by atoms with E-state index in [4.69, 9.17) is 10.1 Å². The van der Waals surface area contributed by atoms with Crippen molar-refractivity contribution in [2.75, 3.05) is 26.2 Å². The maximum atomic E-state index is 7.59. The largest absolute Gasteiger partial charge is 0.492 e. The van der Waals surface area contributed by atoms with Crippen LogP contribution in [0.1, 0.15) is 18.4 Å². The zero-order valence-electron chi connectivity index (χ0n) is 15.0. The van der Waals surface area contributed by atoms with E-state index in [1.165, 1.54) is 24.8 Å². The van der Waals surface area contributed by atoms with Gasteiger partial charge in [0.15, 0.2) is 5.62 Å². The highest BCUT2D eigenvalue weighted by molar-refractivity contribution is 5.75. The van der Waals surface area contributed by atoms with Crippen LogP contribution in [0.3, 0.4) is 0 Å². The van der Waals surface area contributed by atoms with Gasteiger partial charge in [0.05, 0.1) is 11.0 Å². The van der Waals surface area contributed by atoms with E-state index in [-0.39, 0.29) is 0 Å². The van der Waals surface area contributed by atoms with E-state index in [1.54, 1.807) is 0 Å². The fourth-order valence-corrected chi connectivity index (χ4v) is 3.78. The van der Waals surface area contributed by atoms with Crippen LogP contribution in [0.2, 0.25) is 0 Å². The number of H-pyrrole nitrogens is 2. The third-order valence-electron chi connectivity index (χ3n) is 5.26. The van der Waals surface area contributed by atoms with Crippen molar-refractivity contribution in [1.82, 2.24) is 14.9 Å². The summed E-state index contributed by atoms with van der Waals surface area (Å²) < 4.78 is 5.91. The van der Waals surface area contributed by atoms with Gasteiger partial charge in [-0.3, -0.25) is 10.3 Å². The van der Waals surface area contributed by atoms with Crippen LogP contribution >= 0.6 is 0 Å². The van der Waals surface area contributed by atoms with Crippen LogP contribution in [-0.4, -0.2) is 41.1 Å². The van der Waals surface area contributed by atoms with E-state index in [0.717, 1.165) is 42.3 Å². The van der Waals surface area contributed by atoms with E-state index in [9.17, 15) is 0 Å². The Morgan fingerprint density at radius 1 is 1.00 bits per heavy atom. The molecule has 3 aromatic rings. The fourth-order valence-electron chi connectivity index (χ4n) is 3.78. The first-order valence-corrected chi connectivity index (χ1v) is 9.42. The Morgan fingerprint density at radius 2 is 1.77 bits per heavy atom. The number of imidazole rings is 1. The summed E-state index contributed by atoms with van der Waals surface area (Å²) in [5.74, 6) is 1.66. The molecule has 0 unspecified atom stereocenters. The van der Waals surface area contributed by atoms with Crippen molar-refractivity contribution in [2.45, 2.75) is 19.3 Å². The maximum absolute atomic E-state index is 7.59. The number of hydrogen-bond donors (Lipinski definition) is 3. The maximum Gasteiger partial charge on any atom is 0.197 e. The summed E-state index contributed by atoms with van der Waals surface area (Å²) in [5, 5.41) is 7.59. The Labute approximate surface area is 153 Å². The topological polar surface area (TPSA) is 67.9 Å². The molecular weight excluding hydrogens is 324 g/mol. The number of ether oxygens (including phenoxy) is 1. The minimum atomic E-state index is 0.315. The molecule has 0 atom stereocenters. The molecule has 1 fully saturated rings. The standard InChI is InChI=1S/C21H26N4O/c22-21-23-19-7-6-18(15-20(19)24-21)26-13-12-25-10-8-17(9-11-25)14-16-4-2-1-3-5-16/h1-7,15,17H,8-14H2,(H3,22,23,24). The monoisotopic (exact) mass is 350 g/mol. The summed E-state index contributed by atoms with van der Waals surface area (Å²) in [6, 6.07) is 16.7.